The van der Waals surface area contributed by atoms with Crippen LogP contribution in [0.25, 0.3) is 0 Å². The van der Waals surface area contributed by atoms with Crippen molar-refractivity contribution in [1.29, 1.82) is 0 Å². The summed E-state index contributed by atoms with van der Waals surface area (Å²) in [6, 6.07) is 0. The predicted molar refractivity (Wildman–Crippen MR) is 23.9 cm³/mol. The zero-order chi connectivity index (χ0) is 8.36. The third kappa shape index (κ3) is 3.88. The molecule has 3 nitrogen and oxygen atoms in total. The molecule has 0 aromatic carbocycles. The van der Waals surface area contributed by atoms with Gasteiger partial charge in [0, 0.05) is 6.54 Å². The first-order valence-electron chi connectivity index (χ1n) is 3.41. The van der Waals surface area contributed by atoms with Crippen molar-refractivity contribution in [2.45, 2.75) is 12.6 Å². The van der Waals surface area contributed by atoms with Gasteiger partial charge in [0.1, 0.15) is 11.4 Å². The summed E-state index contributed by atoms with van der Waals surface area (Å²) in [5.41, 5.74) is -1.48. The van der Waals surface area contributed by atoms with Crippen LogP contribution in [0.2, 0.25) is 5.65 Å². The quantitative estimate of drug-likeness (QED) is 0.377. The van der Waals surface area contributed by atoms with Gasteiger partial charge in [0.05, 0.1) is 0 Å². The van der Waals surface area contributed by atoms with Gasteiger partial charge in [0.15, 0.2) is 0 Å². The molecule has 1 atom stereocenters. The fourth-order valence-corrected chi connectivity index (χ4v) is 0. The van der Waals surface area contributed by atoms with Crippen LogP contribution in [-0.2, 0) is 0 Å². The van der Waals surface area contributed by atoms with Gasteiger partial charge in [-0.3, -0.25) is 0 Å². The highest BCUT2D eigenvalue weighted by atomic mass is 16.3. The molecule has 5 N–H and O–H groups in total. The van der Waals surface area contributed by atoms with Crippen LogP contribution >= 0.6 is 0 Å². The molecule has 6 heavy (non-hydrogen) atoms. The summed E-state index contributed by atoms with van der Waals surface area (Å²) < 4.78 is 26.4. The van der Waals surface area contributed by atoms with Gasteiger partial charge in [-0.05, 0) is 6.92 Å². The van der Waals surface area contributed by atoms with E-state index < -0.39 is 5.72 Å². The van der Waals surface area contributed by atoms with Crippen LogP contribution in [0.1, 0.15) is 6.92 Å². The molecule has 0 radical (unpaired) electrons. The zero-order valence-corrected chi connectivity index (χ0v) is 3.55. The molecule has 38 valence electrons. The van der Waals surface area contributed by atoms with Crippen LogP contribution in [0.4, 0.5) is 0 Å². The number of nitrogens with two attached hydrogens (primary N) is 2. The van der Waals surface area contributed by atoms with Gasteiger partial charge in [-0.1, -0.05) is 0 Å². The van der Waals surface area contributed by atoms with Gasteiger partial charge in [0.2, 0.25) is 0 Å². The molecular formula is C3H10N2O. The third-order valence-corrected chi connectivity index (χ3v) is 0.300. The summed E-state index contributed by atoms with van der Waals surface area (Å²) in [6.07, 6.45) is 0. The Morgan fingerprint density at radius 1 is 2.17 bits per heavy atom. The van der Waals surface area contributed by atoms with Gasteiger partial charge in [-0.25, -0.2) is 0 Å². The Morgan fingerprint density at radius 2 is 2.83 bits per heavy atom. The van der Waals surface area contributed by atoms with Crippen molar-refractivity contribution in [3.05, 3.63) is 0 Å². The molecule has 3 heteroatoms. The van der Waals surface area contributed by atoms with Crippen molar-refractivity contribution in [3.63, 3.8) is 0 Å². The van der Waals surface area contributed by atoms with Crippen molar-refractivity contribution in [1.82, 2.24) is 0 Å². The van der Waals surface area contributed by atoms with Crippen LogP contribution in [0, 0.1) is 0 Å². The van der Waals surface area contributed by atoms with E-state index in [-0.39, 0.29) is 18.0 Å². The molecule has 0 spiro atoms. The normalized spacial score (nSPS) is 30.7. The second-order valence-electron chi connectivity index (χ2n) is 1.38. The molecule has 0 heterocycles. The molecule has 1 unspecified atom stereocenters. The number of hydrogen-bond donors (Lipinski definition) is 3. The van der Waals surface area contributed by atoms with E-state index >= 15 is 0 Å². The molecule has 0 aromatic heterocycles. The second kappa shape index (κ2) is 1.55. The van der Waals surface area contributed by atoms with Gasteiger partial charge >= 0.3 is 0 Å². The Bertz CT molecular complexity index is 107. The summed E-state index contributed by atoms with van der Waals surface area (Å²) >= 11 is 0. The van der Waals surface area contributed by atoms with Crippen molar-refractivity contribution in [2.24, 2.45) is 11.4 Å². The summed E-state index contributed by atoms with van der Waals surface area (Å²) in [6.45, 7) is 0.795. The zero-order valence-electron chi connectivity index (χ0n) is 7.55. The monoisotopic (exact) mass is 94.1 g/mol. The highest BCUT2D eigenvalue weighted by Crippen LogP contribution is 1.82. The third-order valence-electron chi connectivity index (χ3n) is 0.300. The van der Waals surface area contributed by atoms with Crippen molar-refractivity contribution >= 4 is 0 Å². The van der Waals surface area contributed by atoms with E-state index in [4.69, 9.17) is 10.8 Å². The van der Waals surface area contributed by atoms with Gasteiger partial charge < -0.3 is 16.5 Å². The van der Waals surface area contributed by atoms with Crippen LogP contribution in [0.15, 0.2) is 0 Å². The standard InChI is InChI=1S/C3H10N2O/c1-3(5,6)2-4/h6H,2,4-5H2,1H3/i/hD4. The number of aliphatic hydroxyl groups is 1. The maximum atomic E-state index is 9.03. The first kappa shape index (κ1) is 1.78. The lowest BCUT2D eigenvalue weighted by Crippen LogP contribution is -2.43. The average molecular weight is 94.2 g/mol. The van der Waals surface area contributed by atoms with E-state index in [1.54, 1.807) is 0 Å². The lowest BCUT2D eigenvalue weighted by molar-refractivity contribution is 0.0766. The summed E-state index contributed by atoms with van der Waals surface area (Å²) in [4.78, 5) is 0. The smallest absolute Gasteiger partial charge is 0.123 e. The van der Waals surface area contributed by atoms with Crippen LogP contribution < -0.4 is 11.4 Å². The maximum absolute atomic E-state index is 9.03. The summed E-state index contributed by atoms with van der Waals surface area (Å²) in [5, 5.41) is 9.03. The highest BCUT2D eigenvalue weighted by molar-refractivity contribution is 4.60. The number of hydrogen-bond acceptors (Lipinski definition) is 3. The Labute approximate surface area is 42.8 Å². The molecule has 0 aliphatic heterocycles. The Morgan fingerprint density at radius 3 is 3.00 bits per heavy atom. The van der Waals surface area contributed by atoms with E-state index in [1.807, 2.05) is 0 Å². The predicted octanol–water partition coefficient (Wildman–Crippen LogP) is -1.39. The minimum Gasteiger partial charge on any atom is -0.375 e. The average Bonchev–Trinajstić information content (AvgIpc) is 1.60. The van der Waals surface area contributed by atoms with Crippen molar-refractivity contribution < 1.29 is 10.8 Å². The minimum absolute atomic E-state index is 0.0586. The summed E-state index contributed by atoms with van der Waals surface area (Å²) in [5.74, 6) is 0. The Kier molecular flexibility index (Phi) is 0.459. The lowest BCUT2D eigenvalue weighted by atomic mass is 10.3. The lowest BCUT2D eigenvalue weighted by Gasteiger charge is -2.11. The topological polar surface area (TPSA) is 72.3 Å². The molecule has 0 bridgehead atoms. The second-order valence-corrected chi connectivity index (χ2v) is 1.38. The maximum Gasteiger partial charge on any atom is 0.123 e. The van der Waals surface area contributed by atoms with E-state index in [0.29, 0.717) is 0 Å². The Balaban J connectivity index is 3.87. The highest BCUT2D eigenvalue weighted by Gasteiger charge is 2.06. The molecule has 0 rings (SSSR count). The van der Waals surface area contributed by atoms with E-state index in [0.717, 1.165) is 0 Å². The fourth-order valence-electron chi connectivity index (χ4n) is 0. The van der Waals surface area contributed by atoms with Crippen molar-refractivity contribution in [2.75, 3.05) is 6.54 Å². The van der Waals surface area contributed by atoms with E-state index in [1.165, 1.54) is 6.92 Å². The van der Waals surface area contributed by atoms with Gasteiger partial charge in [-0.15, -0.1) is 0 Å². The van der Waals surface area contributed by atoms with Crippen molar-refractivity contribution in [3.8, 4) is 0 Å². The van der Waals surface area contributed by atoms with Gasteiger partial charge in [0.25, 0.3) is 0 Å². The molecule has 0 saturated carbocycles. The first-order chi connectivity index (χ1) is 4.36. The van der Waals surface area contributed by atoms with Crippen LogP contribution in [0.3, 0.4) is 0 Å². The van der Waals surface area contributed by atoms with E-state index in [2.05, 4.69) is 0 Å². The van der Waals surface area contributed by atoms with Gasteiger partial charge in [-0.2, -0.15) is 0 Å². The molecule has 0 amide bonds. The van der Waals surface area contributed by atoms with Crippen LogP contribution in [0.5, 0.6) is 0 Å². The van der Waals surface area contributed by atoms with Crippen LogP contribution in [-0.4, -0.2) is 17.4 Å². The SMILES string of the molecule is [2H]N([2H])CC(C)(O)N([2H])[2H]. The molecular weight excluding hydrogens is 80.0 g/mol. The molecule has 0 aliphatic rings. The largest absolute Gasteiger partial charge is 0.375 e. The first-order valence-corrected chi connectivity index (χ1v) is 1.62. The number of rotatable bonds is 3. The van der Waals surface area contributed by atoms with E-state index in [9.17, 15) is 0 Å². The fraction of sp³-hybridized carbons (Fsp3) is 1.00. The summed E-state index contributed by atoms with van der Waals surface area (Å²) in [7, 11) is 0. The molecule has 0 fully saturated rings. The molecule has 0 aliphatic carbocycles. The molecule has 0 saturated heterocycles. The minimum atomic E-state index is -1.76. The Hall–Kier alpha value is -0.120. The molecule has 0 aromatic rings.